The lowest BCUT2D eigenvalue weighted by Crippen LogP contribution is -2.35. The Morgan fingerprint density at radius 3 is 2.40 bits per heavy atom. The number of nitrogens with one attached hydrogen (secondary N) is 2. The van der Waals surface area contributed by atoms with Gasteiger partial charge in [0.05, 0.1) is 24.3 Å². The first kappa shape index (κ1) is 23.0. The van der Waals surface area contributed by atoms with E-state index in [1.54, 1.807) is 12.1 Å². The number of para-hydroxylation sites is 1. The molecule has 10 heteroatoms. The molecule has 0 aromatic heterocycles. The summed E-state index contributed by atoms with van der Waals surface area (Å²) in [6.45, 7) is 2.08. The van der Waals surface area contributed by atoms with Gasteiger partial charge in [-0.25, -0.2) is 18.1 Å². The number of nitrogens with zero attached hydrogens (tertiary/aromatic N) is 2. The first-order chi connectivity index (χ1) is 14.3. The molecule has 0 spiro atoms. The second kappa shape index (κ2) is 10.5. The fourth-order valence-electron chi connectivity index (χ4n) is 2.34. The highest BCUT2D eigenvalue weighted by Gasteiger charge is 2.17. The molecule has 0 fully saturated rings. The molecule has 2 N–H and O–H groups in total. The molecule has 0 heterocycles. The van der Waals surface area contributed by atoms with Gasteiger partial charge >= 0.3 is 0 Å². The number of benzene rings is 2. The molecule has 0 saturated carbocycles. The van der Waals surface area contributed by atoms with Crippen LogP contribution in [0.3, 0.4) is 0 Å². The lowest BCUT2D eigenvalue weighted by atomic mass is 10.2. The Morgan fingerprint density at radius 1 is 1.10 bits per heavy atom. The van der Waals surface area contributed by atoms with Crippen LogP contribution in [-0.2, 0) is 14.8 Å². The van der Waals surface area contributed by atoms with Crippen molar-refractivity contribution in [3.63, 3.8) is 0 Å². The van der Waals surface area contributed by atoms with Gasteiger partial charge in [0.15, 0.2) is 0 Å². The summed E-state index contributed by atoms with van der Waals surface area (Å²) < 4.78 is 30.6. The molecule has 0 aliphatic rings. The van der Waals surface area contributed by atoms with Crippen molar-refractivity contribution >= 4 is 28.1 Å². The lowest BCUT2D eigenvalue weighted by molar-refractivity contribution is -0.120. The largest absolute Gasteiger partial charge is 0.493 e. The van der Waals surface area contributed by atoms with Crippen LogP contribution in [0, 0.1) is 0 Å². The van der Waals surface area contributed by atoms with Crippen LogP contribution in [0.2, 0.25) is 0 Å². The van der Waals surface area contributed by atoms with Gasteiger partial charge in [-0.05, 0) is 43.3 Å². The van der Waals surface area contributed by atoms with Gasteiger partial charge in [-0.2, -0.15) is 5.10 Å². The molecule has 30 heavy (non-hydrogen) atoms. The summed E-state index contributed by atoms with van der Waals surface area (Å²) >= 11 is 0. The molecule has 2 aromatic rings. The van der Waals surface area contributed by atoms with Crippen LogP contribution in [0.15, 0.2) is 58.5 Å². The molecule has 0 saturated heterocycles. The number of amides is 2. The third kappa shape index (κ3) is 6.13. The topological polar surface area (TPSA) is 117 Å². The fraction of sp³-hybridized carbons (Fsp3) is 0.250. The van der Waals surface area contributed by atoms with E-state index in [-0.39, 0.29) is 17.0 Å². The molecule has 0 radical (unpaired) electrons. The zero-order valence-electron chi connectivity index (χ0n) is 17.0. The number of hydrazone groups is 1. The highest BCUT2D eigenvalue weighted by atomic mass is 32.2. The number of sulfonamides is 1. The summed E-state index contributed by atoms with van der Waals surface area (Å²) in [5.74, 6) is -0.379. The molecular formula is C20H24N4O5S. The van der Waals surface area contributed by atoms with Crippen molar-refractivity contribution in [2.45, 2.75) is 11.8 Å². The van der Waals surface area contributed by atoms with Gasteiger partial charge in [0.1, 0.15) is 5.75 Å². The number of rotatable bonds is 9. The van der Waals surface area contributed by atoms with E-state index in [2.05, 4.69) is 15.8 Å². The van der Waals surface area contributed by atoms with Gasteiger partial charge in [0.25, 0.3) is 11.8 Å². The quantitative estimate of drug-likeness (QED) is 0.456. The van der Waals surface area contributed by atoms with E-state index in [0.717, 1.165) is 4.31 Å². The highest BCUT2D eigenvalue weighted by Crippen LogP contribution is 2.15. The first-order valence-corrected chi connectivity index (χ1v) is 10.5. The van der Waals surface area contributed by atoms with Crippen molar-refractivity contribution in [3.8, 4) is 5.75 Å². The number of hydrogen-bond acceptors (Lipinski definition) is 6. The van der Waals surface area contributed by atoms with Crippen molar-refractivity contribution in [1.29, 1.82) is 0 Å². The second-order valence-electron chi connectivity index (χ2n) is 6.26. The Bertz CT molecular complexity index is 1020. The molecule has 160 valence electrons. The van der Waals surface area contributed by atoms with Gasteiger partial charge in [-0.3, -0.25) is 9.59 Å². The molecule has 2 aromatic carbocycles. The summed E-state index contributed by atoms with van der Waals surface area (Å²) in [5, 5.41) is 6.31. The van der Waals surface area contributed by atoms with Crippen molar-refractivity contribution in [1.82, 2.24) is 15.0 Å². The van der Waals surface area contributed by atoms with E-state index >= 15 is 0 Å². The van der Waals surface area contributed by atoms with Gasteiger partial charge in [-0.1, -0.05) is 12.1 Å². The van der Waals surface area contributed by atoms with E-state index < -0.39 is 21.8 Å². The molecule has 0 aliphatic carbocycles. The summed E-state index contributed by atoms with van der Waals surface area (Å²) in [5.41, 5.74) is 3.26. The van der Waals surface area contributed by atoms with Crippen LogP contribution in [0.4, 0.5) is 0 Å². The van der Waals surface area contributed by atoms with Crippen molar-refractivity contribution in [2.24, 2.45) is 5.10 Å². The summed E-state index contributed by atoms with van der Waals surface area (Å²) in [6, 6.07) is 12.7. The lowest BCUT2D eigenvalue weighted by Gasteiger charge is -2.11. The Labute approximate surface area is 175 Å². The molecule has 0 atom stereocenters. The van der Waals surface area contributed by atoms with Gasteiger partial charge in [0.2, 0.25) is 10.0 Å². The molecule has 2 rings (SSSR count). The summed E-state index contributed by atoms with van der Waals surface area (Å²) in [4.78, 5) is 24.1. The average Bonchev–Trinajstić information content (AvgIpc) is 2.73. The summed E-state index contributed by atoms with van der Waals surface area (Å²) in [6.07, 6.45) is 1.45. The normalized spacial score (nSPS) is 11.5. The maximum Gasteiger partial charge on any atom is 0.259 e. The monoisotopic (exact) mass is 432 g/mol. The molecule has 2 amide bonds. The Balaban J connectivity index is 1.88. The first-order valence-electron chi connectivity index (χ1n) is 9.10. The molecule has 9 nitrogen and oxygen atoms in total. The minimum atomic E-state index is -3.57. The van der Waals surface area contributed by atoms with Crippen molar-refractivity contribution in [3.05, 3.63) is 59.7 Å². The minimum absolute atomic E-state index is 0.0727. The van der Waals surface area contributed by atoms with Crippen LogP contribution in [0.25, 0.3) is 0 Å². The molecular weight excluding hydrogens is 408 g/mol. The zero-order valence-corrected chi connectivity index (χ0v) is 17.8. The minimum Gasteiger partial charge on any atom is -0.493 e. The highest BCUT2D eigenvalue weighted by molar-refractivity contribution is 7.89. The van der Waals surface area contributed by atoms with E-state index in [1.165, 1.54) is 44.6 Å². The average molecular weight is 433 g/mol. The van der Waals surface area contributed by atoms with Gasteiger partial charge in [-0.15, -0.1) is 0 Å². The predicted molar refractivity (Wildman–Crippen MR) is 113 cm³/mol. The molecule has 0 unspecified atom stereocenters. The third-order valence-corrected chi connectivity index (χ3v) is 5.75. The van der Waals surface area contributed by atoms with Crippen LogP contribution in [0.5, 0.6) is 5.75 Å². The van der Waals surface area contributed by atoms with Gasteiger partial charge in [0, 0.05) is 25.2 Å². The maximum absolute atomic E-state index is 12.1. The fourth-order valence-corrected chi connectivity index (χ4v) is 3.24. The van der Waals surface area contributed by atoms with Gasteiger partial charge < -0.3 is 10.1 Å². The Kier molecular flexibility index (Phi) is 8.07. The third-order valence-electron chi connectivity index (χ3n) is 3.92. The van der Waals surface area contributed by atoms with Crippen LogP contribution < -0.4 is 15.5 Å². The van der Waals surface area contributed by atoms with Crippen molar-refractivity contribution in [2.75, 3.05) is 27.2 Å². The number of carbonyl (C=O) groups excluding carboxylic acids is 2. The van der Waals surface area contributed by atoms with E-state index in [9.17, 15) is 18.0 Å². The SMILES string of the molecule is CCOc1ccccc1/C=N/NC(=O)CNC(=O)c1ccc(S(=O)(=O)N(C)C)cc1. The number of ether oxygens (including phenoxy) is 1. The Hall–Kier alpha value is -3.24. The molecule has 0 aliphatic heterocycles. The maximum atomic E-state index is 12.1. The zero-order chi connectivity index (χ0) is 22.1. The van der Waals surface area contributed by atoms with Crippen LogP contribution in [0.1, 0.15) is 22.8 Å². The van der Waals surface area contributed by atoms with Crippen molar-refractivity contribution < 1.29 is 22.7 Å². The summed E-state index contributed by atoms with van der Waals surface area (Å²) in [7, 11) is -0.726. The number of carbonyl (C=O) groups is 2. The van der Waals surface area contributed by atoms with Crippen LogP contribution in [-0.4, -0.2) is 58.0 Å². The predicted octanol–water partition coefficient (Wildman–Crippen LogP) is 1.22. The molecule has 0 bridgehead atoms. The van der Waals surface area contributed by atoms with Crippen LogP contribution >= 0.6 is 0 Å². The number of hydrogen-bond donors (Lipinski definition) is 2. The Morgan fingerprint density at radius 2 is 1.77 bits per heavy atom. The van der Waals surface area contributed by atoms with E-state index in [0.29, 0.717) is 17.9 Å². The smallest absolute Gasteiger partial charge is 0.259 e. The second-order valence-corrected chi connectivity index (χ2v) is 8.41. The van der Waals surface area contributed by atoms with E-state index in [4.69, 9.17) is 4.74 Å². The van der Waals surface area contributed by atoms with E-state index in [1.807, 2.05) is 19.1 Å². The standard InChI is InChI=1S/C20H24N4O5S/c1-4-29-18-8-6-5-7-16(18)13-22-23-19(25)14-21-20(26)15-9-11-17(12-10-15)30(27,28)24(2)3/h5-13H,4,14H2,1-3H3,(H,21,26)(H,23,25)/b22-13+.